The van der Waals surface area contributed by atoms with Gasteiger partial charge in [-0.25, -0.2) is 0 Å². The highest BCUT2D eigenvalue weighted by atomic mass is 19.4. The van der Waals surface area contributed by atoms with E-state index in [4.69, 9.17) is 4.74 Å². The van der Waals surface area contributed by atoms with Crippen molar-refractivity contribution < 1.29 is 17.9 Å². The molecule has 0 aliphatic carbocycles. The smallest absolute Gasteiger partial charge is 0.416 e. The number of aryl methyl sites for hydroxylation is 2. The monoisotopic (exact) mass is 337 g/mol. The summed E-state index contributed by atoms with van der Waals surface area (Å²) in [6, 6.07) is 11.4. The lowest BCUT2D eigenvalue weighted by atomic mass is 10.1. The van der Waals surface area contributed by atoms with Crippen molar-refractivity contribution in [2.75, 3.05) is 13.2 Å². The highest BCUT2D eigenvalue weighted by molar-refractivity contribution is 5.39. The van der Waals surface area contributed by atoms with Crippen LogP contribution in [-0.4, -0.2) is 13.2 Å². The van der Waals surface area contributed by atoms with Crippen LogP contribution >= 0.6 is 0 Å². The quantitative estimate of drug-likeness (QED) is 0.727. The fraction of sp³-hybridized carbons (Fsp3) is 0.368. The van der Waals surface area contributed by atoms with E-state index in [1.54, 1.807) is 6.07 Å². The number of benzene rings is 2. The maximum absolute atomic E-state index is 12.6. The van der Waals surface area contributed by atoms with Crippen molar-refractivity contribution in [1.82, 2.24) is 5.32 Å². The van der Waals surface area contributed by atoms with Gasteiger partial charge in [0.2, 0.25) is 0 Å². The Bertz CT molecular complexity index is 648. The van der Waals surface area contributed by atoms with Crippen LogP contribution in [0, 0.1) is 13.8 Å². The minimum absolute atomic E-state index is 0.410. The van der Waals surface area contributed by atoms with Gasteiger partial charge in [-0.3, -0.25) is 0 Å². The summed E-state index contributed by atoms with van der Waals surface area (Å²) < 4.78 is 43.7. The molecule has 0 radical (unpaired) electrons. The van der Waals surface area contributed by atoms with Crippen LogP contribution in [0.2, 0.25) is 0 Å². The number of alkyl halides is 3. The second-order valence-corrected chi connectivity index (χ2v) is 5.80. The maximum atomic E-state index is 12.6. The SMILES string of the molecule is Cc1cccc(C)c1OCCCNCc1cccc(C(F)(F)F)c1. The van der Waals surface area contributed by atoms with Gasteiger partial charge in [-0.05, 0) is 49.6 Å². The maximum Gasteiger partial charge on any atom is 0.416 e. The standard InChI is InChI=1S/C19H22F3NO/c1-14-6-3-7-15(2)18(14)24-11-5-10-23-13-16-8-4-9-17(12-16)19(20,21)22/h3-4,6-9,12,23H,5,10-11,13H2,1-2H3. The van der Waals surface area contributed by atoms with Gasteiger partial charge in [0.25, 0.3) is 0 Å². The van der Waals surface area contributed by atoms with Crippen LogP contribution in [-0.2, 0) is 12.7 Å². The van der Waals surface area contributed by atoms with Crippen molar-refractivity contribution in [2.24, 2.45) is 0 Å². The van der Waals surface area contributed by atoms with Crippen LogP contribution in [0.25, 0.3) is 0 Å². The molecule has 0 fully saturated rings. The molecule has 0 unspecified atom stereocenters. The van der Waals surface area contributed by atoms with Crippen LogP contribution in [0.5, 0.6) is 5.75 Å². The van der Waals surface area contributed by atoms with E-state index in [0.717, 1.165) is 29.4 Å². The number of hydrogen-bond acceptors (Lipinski definition) is 2. The molecule has 0 saturated carbocycles. The Hall–Kier alpha value is -2.01. The van der Waals surface area contributed by atoms with E-state index in [1.807, 2.05) is 32.0 Å². The second-order valence-electron chi connectivity index (χ2n) is 5.80. The number of rotatable bonds is 7. The van der Waals surface area contributed by atoms with Gasteiger partial charge in [-0.1, -0.05) is 36.4 Å². The van der Waals surface area contributed by atoms with E-state index in [1.165, 1.54) is 12.1 Å². The molecule has 2 nitrogen and oxygen atoms in total. The predicted octanol–water partition coefficient (Wildman–Crippen LogP) is 4.88. The van der Waals surface area contributed by atoms with Crippen LogP contribution in [0.1, 0.15) is 28.7 Å². The molecule has 1 N–H and O–H groups in total. The van der Waals surface area contributed by atoms with Gasteiger partial charge in [0.05, 0.1) is 12.2 Å². The molecule has 2 rings (SSSR count). The molecule has 130 valence electrons. The van der Waals surface area contributed by atoms with Gasteiger partial charge in [-0.15, -0.1) is 0 Å². The van der Waals surface area contributed by atoms with E-state index >= 15 is 0 Å². The number of ether oxygens (including phenoxy) is 1. The minimum atomic E-state index is -4.30. The van der Waals surface area contributed by atoms with Gasteiger partial charge in [0, 0.05) is 6.54 Å². The van der Waals surface area contributed by atoms with E-state index in [-0.39, 0.29) is 0 Å². The van der Waals surface area contributed by atoms with Gasteiger partial charge in [0.1, 0.15) is 5.75 Å². The fourth-order valence-corrected chi connectivity index (χ4v) is 2.49. The number of halogens is 3. The Kier molecular flexibility index (Phi) is 6.26. The lowest BCUT2D eigenvalue weighted by Gasteiger charge is -2.12. The molecule has 0 spiro atoms. The van der Waals surface area contributed by atoms with E-state index in [2.05, 4.69) is 5.32 Å². The van der Waals surface area contributed by atoms with Crippen molar-refractivity contribution in [1.29, 1.82) is 0 Å². The van der Waals surface area contributed by atoms with Crippen LogP contribution in [0.4, 0.5) is 13.2 Å². The highest BCUT2D eigenvalue weighted by Gasteiger charge is 2.30. The summed E-state index contributed by atoms with van der Waals surface area (Å²) in [5.74, 6) is 0.912. The first kappa shape index (κ1) is 18.3. The van der Waals surface area contributed by atoms with Crippen LogP contribution in [0.15, 0.2) is 42.5 Å². The normalized spacial score (nSPS) is 11.5. The van der Waals surface area contributed by atoms with Crippen molar-refractivity contribution in [3.8, 4) is 5.75 Å². The molecule has 0 amide bonds. The molecule has 0 saturated heterocycles. The van der Waals surface area contributed by atoms with Crippen molar-refractivity contribution >= 4 is 0 Å². The number of nitrogens with one attached hydrogen (secondary N) is 1. The highest BCUT2D eigenvalue weighted by Crippen LogP contribution is 2.29. The van der Waals surface area contributed by atoms with Crippen molar-refractivity contribution in [2.45, 2.75) is 33.0 Å². The zero-order chi connectivity index (χ0) is 17.6. The van der Waals surface area contributed by atoms with E-state index in [9.17, 15) is 13.2 Å². The molecule has 0 atom stereocenters. The lowest BCUT2D eigenvalue weighted by Crippen LogP contribution is -2.17. The molecule has 2 aromatic carbocycles. The molecular weight excluding hydrogens is 315 g/mol. The minimum Gasteiger partial charge on any atom is -0.493 e. The summed E-state index contributed by atoms with van der Waals surface area (Å²) in [5.41, 5.74) is 2.22. The molecule has 2 aromatic rings. The molecule has 24 heavy (non-hydrogen) atoms. The Morgan fingerprint density at radius 3 is 2.33 bits per heavy atom. The second kappa shape index (κ2) is 8.20. The summed E-state index contributed by atoms with van der Waals surface area (Å²) in [6.45, 7) is 5.68. The topological polar surface area (TPSA) is 21.3 Å². The van der Waals surface area contributed by atoms with Gasteiger partial charge in [0.15, 0.2) is 0 Å². The van der Waals surface area contributed by atoms with Gasteiger partial charge >= 0.3 is 6.18 Å². The molecule has 0 aliphatic rings. The zero-order valence-electron chi connectivity index (χ0n) is 13.9. The fourth-order valence-electron chi connectivity index (χ4n) is 2.49. The summed E-state index contributed by atoms with van der Waals surface area (Å²) in [7, 11) is 0. The molecule has 0 bridgehead atoms. The average molecular weight is 337 g/mol. The third kappa shape index (κ3) is 5.27. The van der Waals surface area contributed by atoms with E-state index < -0.39 is 11.7 Å². The Labute approximate surface area is 140 Å². The van der Waals surface area contributed by atoms with Crippen molar-refractivity contribution in [3.05, 3.63) is 64.7 Å². The summed E-state index contributed by atoms with van der Waals surface area (Å²) in [6.07, 6.45) is -3.51. The molecule has 0 aromatic heterocycles. The third-order valence-electron chi connectivity index (χ3n) is 3.74. The van der Waals surface area contributed by atoms with Gasteiger partial charge in [-0.2, -0.15) is 13.2 Å². The summed E-state index contributed by atoms with van der Waals surface area (Å²) in [5, 5.41) is 3.15. The summed E-state index contributed by atoms with van der Waals surface area (Å²) in [4.78, 5) is 0. The first-order valence-corrected chi connectivity index (χ1v) is 7.94. The Balaban J connectivity index is 1.72. The van der Waals surface area contributed by atoms with Crippen LogP contribution in [0.3, 0.4) is 0 Å². The third-order valence-corrected chi connectivity index (χ3v) is 3.74. The summed E-state index contributed by atoms with van der Waals surface area (Å²) >= 11 is 0. The molecular formula is C19H22F3NO. The number of hydrogen-bond donors (Lipinski definition) is 1. The molecule has 5 heteroatoms. The van der Waals surface area contributed by atoms with Crippen LogP contribution < -0.4 is 10.1 Å². The lowest BCUT2D eigenvalue weighted by molar-refractivity contribution is -0.137. The van der Waals surface area contributed by atoms with E-state index in [0.29, 0.717) is 25.3 Å². The largest absolute Gasteiger partial charge is 0.493 e. The average Bonchev–Trinajstić information content (AvgIpc) is 2.52. The Morgan fingerprint density at radius 1 is 1.00 bits per heavy atom. The predicted molar refractivity (Wildman–Crippen MR) is 89.2 cm³/mol. The van der Waals surface area contributed by atoms with Gasteiger partial charge < -0.3 is 10.1 Å². The number of para-hydroxylation sites is 1. The zero-order valence-corrected chi connectivity index (χ0v) is 13.9. The molecule has 0 aliphatic heterocycles. The first-order valence-electron chi connectivity index (χ1n) is 7.94. The Morgan fingerprint density at radius 2 is 1.67 bits per heavy atom. The first-order chi connectivity index (χ1) is 11.4. The molecule has 0 heterocycles. The van der Waals surface area contributed by atoms with Crippen molar-refractivity contribution in [3.63, 3.8) is 0 Å².